The van der Waals surface area contributed by atoms with Crippen molar-refractivity contribution >= 4 is 0 Å². The van der Waals surface area contributed by atoms with Crippen LogP contribution in [-0.4, -0.2) is 25.9 Å². The average Bonchev–Trinajstić information content (AvgIpc) is 3.09. The maximum Gasteiger partial charge on any atom is 0.120 e. The van der Waals surface area contributed by atoms with E-state index in [0.29, 0.717) is 19.3 Å². The van der Waals surface area contributed by atoms with Gasteiger partial charge in [0.2, 0.25) is 0 Å². The predicted molar refractivity (Wildman–Crippen MR) is 57.4 cm³/mol. The topological polar surface area (TPSA) is 31.0 Å². The molecule has 1 fully saturated rings. The van der Waals surface area contributed by atoms with Crippen LogP contribution >= 0.6 is 0 Å². The van der Waals surface area contributed by atoms with Gasteiger partial charge in [0.05, 0.1) is 6.61 Å². The van der Waals surface area contributed by atoms with Gasteiger partial charge in [-0.15, -0.1) is 0 Å². The summed E-state index contributed by atoms with van der Waals surface area (Å²) in [6, 6.07) is 7.54. The van der Waals surface area contributed by atoms with Gasteiger partial charge in [-0.2, -0.15) is 0 Å². The monoisotopic (exact) mass is 206 g/mol. The van der Waals surface area contributed by atoms with Crippen LogP contribution < -0.4 is 9.47 Å². The van der Waals surface area contributed by atoms with E-state index in [4.69, 9.17) is 14.2 Å². The number of hydrogen-bond acceptors (Lipinski definition) is 3. The molecule has 1 heterocycles. The van der Waals surface area contributed by atoms with Gasteiger partial charge in [0.1, 0.15) is 30.8 Å². The normalized spacial score (nSPS) is 18.3. The van der Waals surface area contributed by atoms with Crippen LogP contribution in [0.5, 0.6) is 11.5 Å². The molecule has 2 rings (SSSR count). The first-order chi connectivity index (χ1) is 7.38. The van der Waals surface area contributed by atoms with Crippen molar-refractivity contribution in [3.05, 3.63) is 36.9 Å². The lowest BCUT2D eigenvalue weighted by atomic mass is 10.3. The molecule has 80 valence electrons. The SMILES string of the molecule is C=CCOc1ccc(OC[C@H]2CO2)cc1. The van der Waals surface area contributed by atoms with Crippen LogP contribution in [0.3, 0.4) is 0 Å². The number of epoxide rings is 1. The van der Waals surface area contributed by atoms with Crippen molar-refractivity contribution in [1.82, 2.24) is 0 Å². The number of ether oxygens (including phenoxy) is 3. The minimum Gasteiger partial charge on any atom is -0.491 e. The van der Waals surface area contributed by atoms with E-state index in [2.05, 4.69) is 6.58 Å². The van der Waals surface area contributed by atoms with Gasteiger partial charge in [-0.1, -0.05) is 12.7 Å². The summed E-state index contributed by atoms with van der Waals surface area (Å²) in [6.07, 6.45) is 2.01. The molecule has 0 radical (unpaired) electrons. The summed E-state index contributed by atoms with van der Waals surface area (Å²) >= 11 is 0. The minimum atomic E-state index is 0.293. The van der Waals surface area contributed by atoms with E-state index >= 15 is 0 Å². The standard InChI is InChI=1S/C12H14O3/c1-2-7-13-10-3-5-11(6-4-10)14-8-12-9-15-12/h2-6,12H,1,7-9H2/t12-/m0/s1. The maximum atomic E-state index is 5.49. The molecule has 15 heavy (non-hydrogen) atoms. The molecule has 0 aromatic heterocycles. The Morgan fingerprint density at radius 2 is 1.87 bits per heavy atom. The van der Waals surface area contributed by atoms with Crippen molar-refractivity contribution in [2.24, 2.45) is 0 Å². The van der Waals surface area contributed by atoms with Crippen molar-refractivity contribution < 1.29 is 14.2 Å². The Bertz CT molecular complexity index is 314. The molecule has 1 saturated heterocycles. The molecule has 1 aliphatic rings. The van der Waals surface area contributed by atoms with Gasteiger partial charge in [0.15, 0.2) is 0 Å². The van der Waals surface area contributed by atoms with Gasteiger partial charge in [-0.3, -0.25) is 0 Å². The van der Waals surface area contributed by atoms with Gasteiger partial charge in [0, 0.05) is 0 Å². The first-order valence-corrected chi connectivity index (χ1v) is 4.96. The minimum absolute atomic E-state index is 0.293. The summed E-state index contributed by atoms with van der Waals surface area (Å²) in [5.74, 6) is 1.67. The molecule has 1 atom stereocenters. The molecule has 0 amide bonds. The van der Waals surface area contributed by atoms with Gasteiger partial charge in [-0.25, -0.2) is 0 Å². The van der Waals surface area contributed by atoms with Crippen molar-refractivity contribution in [3.63, 3.8) is 0 Å². The zero-order chi connectivity index (χ0) is 10.5. The Labute approximate surface area is 89.3 Å². The third kappa shape index (κ3) is 3.29. The summed E-state index contributed by atoms with van der Waals surface area (Å²) in [7, 11) is 0. The van der Waals surface area contributed by atoms with E-state index in [1.807, 2.05) is 24.3 Å². The van der Waals surface area contributed by atoms with Gasteiger partial charge in [-0.05, 0) is 24.3 Å². The highest BCUT2D eigenvalue weighted by molar-refractivity contribution is 5.31. The second-order valence-corrected chi connectivity index (χ2v) is 3.34. The first-order valence-electron chi connectivity index (χ1n) is 4.96. The molecular formula is C12H14O3. The Morgan fingerprint density at radius 1 is 1.27 bits per heavy atom. The van der Waals surface area contributed by atoms with E-state index in [0.717, 1.165) is 18.1 Å². The fourth-order valence-electron chi connectivity index (χ4n) is 1.14. The Kier molecular flexibility index (Phi) is 3.25. The summed E-state index contributed by atoms with van der Waals surface area (Å²) in [4.78, 5) is 0. The molecule has 0 bridgehead atoms. The number of benzene rings is 1. The van der Waals surface area contributed by atoms with Crippen molar-refractivity contribution in [2.75, 3.05) is 19.8 Å². The third-order valence-corrected chi connectivity index (χ3v) is 2.03. The molecule has 1 aromatic rings. The molecule has 0 aliphatic carbocycles. The van der Waals surface area contributed by atoms with E-state index in [-0.39, 0.29) is 0 Å². The van der Waals surface area contributed by atoms with Crippen LogP contribution in [0.4, 0.5) is 0 Å². The van der Waals surface area contributed by atoms with Crippen LogP contribution in [0.2, 0.25) is 0 Å². The first kappa shape index (κ1) is 10.1. The second-order valence-electron chi connectivity index (χ2n) is 3.34. The van der Waals surface area contributed by atoms with Crippen molar-refractivity contribution in [3.8, 4) is 11.5 Å². The summed E-state index contributed by atoms with van der Waals surface area (Å²) in [5, 5.41) is 0. The molecule has 3 heteroatoms. The van der Waals surface area contributed by atoms with Gasteiger partial charge < -0.3 is 14.2 Å². The highest BCUT2D eigenvalue weighted by Gasteiger charge is 2.22. The smallest absolute Gasteiger partial charge is 0.120 e. The summed E-state index contributed by atoms with van der Waals surface area (Å²) < 4.78 is 15.9. The lowest BCUT2D eigenvalue weighted by molar-refractivity contribution is 0.262. The van der Waals surface area contributed by atoms with Gasteiger partial charge >= 0.3 is 0 Å². The molecule has 0 spiro atoms. The van der Waals surface area contributed by atoms with E-state index < -0.39 is 0 Å². The Morgan fingerprint density at radius 3 is 2.40 bits per heavy atom. The highest BCUT2D eigenvalue weighted by atomic mass is 16.6. The van der Waals surface area contributed by atoms with Crippen LogP contribution in [-0.2, 0) is 4.74 Å². The maximum absolute atomic E-state index is 5.49. The Balaban J connectivity index is 1.82. The molecule has 1 aromatic carbocycles. The zero-order valence-corrected chi connectivity index (χ0v) is 8.52. The van der Waals surface area contributed by atoms with Crippen molar-refractivity contribution in [2.45, 2.75) is 6.10 Å². The predicted octanol–water partition coefficient (Wildman–Crippen LogP) is 2.03. The van der Waals surface area contributed by atoms with E-state index in [9.17, 15) is 0 Å². The molecule has 1 aliphatic heterocycles. The van der Waals surface area contributed by atoms with Crippen LogP contribution in [0, 0.1) is 0 Å². The Hall–Kier alpha value is -1.48. The average molecular weight is 206 g/mol. The third-order valence-electron chi connectivity index (χ3n) is 2.03. The fraction of sp³-hybridized carbons (Fsp3) is 0.333. The van der Waals surface area contributed by atoms with Gasteiger partial charge in [0.25, 0.3) is 0 Å². The lowest BCUT2D eigenvalue weighted by Gasteiger charge is -2.06. The lowest BCUT2D eigenvalue weighted by Crippen LogP contribution is -2.03. The van der Waals surface area contributed by atoms with E-state index in [1.165, 1.54) is 0 Å². The molecule has 3 nitrogen and oxygen atoms in total. The molecule has 0 saturated carbocycles. The zero-order valence-electron chi connectivity index (χ0n) is 8.52. The van der Waals surface area contributed by atoms with Crippen LogP contribution in [0.1, 0.15) is 0 Å². The summed E-state index contributed by atoms with van der Waals surface area (Å²) in [5.41, 5.74) is 0. The summed E-state index contributed by atoms with van der Waals surface area (Å²) in [6.45, 7) is 5.56. The second kappa shape index (κ2) is 4.84. The molecule has 0 N–H and O–H groups in total. The molecule has 0 unspecified atom stereocenters. The van der Waals surface area contributed by atoms with Crippen molar-refractivity contribution in [1.29, 1.82) is 0 Å². The quantitative estimate of drug-likeness (QED) is 0.527. The number of hydrogen-bond donors (Lipinski definition) is 0. The molecular weight excluding hydrogens is 192 g/mol. The fourth-order valence-corrected chi connectivity index (χ4v) is 1.14. The number of rotatable bonds is 6. The van der Waals surface area contributed by atoms with E-state index in [1.54, 1.807) is 6.08 Å². The largest absolute Gasteiger partial charge is 0.491 e. The van der Waals surface area contributed by atoms with Crippen LogP contribution in [0.25, 0.3) is 0 Å². The highest BCUT2D eigenvalue weighted by Crippen LogP contribution is 2.19. The van der Waals surface area contributed by atoms with Crippen LogP contribution in [0.15, 0.2) is 36.9 Å².